The summed E-state index contributed by atoms with van der Waals surface area (Å²) >= 11 is 0. The normalized spacial score (nSPS) is 42.1. The van der Waals surface area contributed by atoms with Crippen LogP contribution in [0.4, 0.5) is 0 Å². The molecule has 5 heteroatoms. The van der Waals surface area contributed by atoms with Crippen LogP contribution in [0.2, 0.25) is 0 Å². The Morgan fingerprint density at radius 1 is 0.889 bits per heavy atom. The molecule has 0 bridgehead atoms. The highest BCUT2D eigenvalue weighted by molar-refractivity contribution is 7.88. The summed E-state index contributed by atoms with van der Waals surface area (Å²) in [5, 5.41) is 4.00. The van der Waals surface area contributed by atoms with Gasteiger partial charge in [0.05, 0.1) is 6.26 Å². The molecule has 0 aromatic heterocycles. The lowest BCUT2D eigenvalue weighted by atomic mass is 9.33. The molecule has 0 aliphatic heterocycles. The number of nitrogens with one attached hydrogen (secondary N) is 2. The highest BCUT2D eigenvalue weighted by Crippen LogP contribution is 2.76. The van der Waals surface area contributed by atoms with Crippen LogP contribution in [0.15, 0.2) is 42.5 Å². The molecule has 5 aliphatic rings. The van der Waals surface area contributed by atoms with Crippen molar-refractivity contribution in [3.8, 4) is 0 Å². The van der Waals surface area contributed by atoms with E-state index in [1.165, 1.54) is 80.7 Å². The van der Waals surface area contributed by atoms with Crippen molar-refractivity contribution >= 4 is 15.6 Å². The summed E-state index contributed by atoms with van der Waals surface area (Å²) in [5.41, 5.74) is 6.95. The number of rotatable bonds is 8. The minimum Gasteiger partial charge on any atom is -0.310 e. The average Bonchev–Trinajstić information content (AvgIpc) is 3.35. The summed E-state index contributed by atoms with van der Waals surface area (Å²) in [6, 6.07) is 9.43. The molecular formula is C40H62N2O2S. The molecule has 1 aromatic carbocycles. The molecule has 9 atom stereocenters. The van der Waals surface area contributed by atoms with E-state index in [1.54, 1.807) is 5.57 Å². The van der Waals surface area contributed by atoms with E-state index in [1.807, 2.05) is 0 Å². The lowest BCUT2D eigenvalue weighted by Crippen LogP contribution is -2.68. The zero-order valence-electron chi connectivity index (χ0n) is 29.7. The SMILES string of the molecule is C=C(C)[C@@H]1CC[C@]2(NCCNS(C)(=O)=O)CC[C@]3(C)[C@H](CC[C@@H]4[C@@]5(C)CC=C(c6ccc(CC)cc6)C(C)(C)[C@@H]5CC[C@]43C)[C@@H]12. The molecule has 0 radical (unpaired) electrons. The van der Waals surface area contributed by atoms with E-state index < -0.39 is 10.0 Å². The molecule has 4 saturated carbocycles. The van der Waals surface area contributed by atoms with Crippen LogP contribution >= 0.6 is 0 Å². The highest BCUT2D eigenvalue weighted by Gasteiger charge is 2.70. The number of sulfonamides is 1. The first-order valence-electron chi connectivity index (χ1n) is 18.2. The van der Waals surface area contributed by atoms with Gasteiger partial charge in [0, 0.05) is 18.6 Å². The first-order chi connectivity index (χ1) is 21.0. The zero-order chi connectivity index (χ0) is 32.6. The van der Waals surface area contributed by atoms with Crippen molar-refractivity contribution in [1.29, 1.82) is 0 Å². The van der Waals surface area contributed by atoms with Gasteiger partial charge in [-0.3, -0.25) is 0 Å². The van der Waals surface area contributed by atoms with Gasteiger partial charge in [-0.25, -0.2) is 13.1 Å². The summed E-state index contributed by atoms with van der Waals surface area (Å²) in [4.78, 5) is 0. The van der Waals surface area contributed by atoms with Crippen molar-refractivity contribution in [1.82, 2.24) is 10.0 Å². The first kappa shape index (κ1) is 33.5. The van der Waals surface area contributed by atoms with E-state index in [-0.39, 0.29) is 11.0 Å². The summed E-state index contributed by atoms with van der Waals surface area (Å²) in [5.74, 6) is 3.22. The van der Waals surface area contributed by atoms with Gasteiger partial charge >= 0.3 is 0 Å². The van der Waals surface area contributed by atoms with Crippen molar-refractivity contribution < 1.29 is 8.42 Å². The van der Waals surface area contributed by atoms with Crippen molar-refractivity contribution in [3.05, 3.63) is 53.6 Å². The topological polar surface area (TPSA) is 58.2 Å². The molecule has 45 heavy (non-hydrogen) atoms. The molecule has 0 saturated heterocycles. The Labute approximate surface area is 275 Å². The van der Waals surface area contributed by atoms with Crippen LogP contribution in [0.25, 0.3) is 5.57 Å². The Kier molecular flexibility index (Phi) is 8.43. The summed E-state index contributed by atoms with van der Waals surface area (Å²) in [7, 11) is -3.18. The average molecular weight is 635 g/mol. The van der Waals surface area contributed by atoms with E-state index in [0.29, 0.717) is 53.0 Å². The van der Waals surface area contributed by atoms with E-state index in [4.69, 9.17) is 0 Å². The lowest BCUT2D eigenvalue weighted by Gasteiger charge is -2.72. The molecule has 5 aliphatic carbocycles. The van der Waals surface area contributed by atoms with Crippen LogP contribution in [0, 0.1) is 51.2 Å². The van der Waals surface area contributed by atoms with E-state index >= 15 is 0 Å². The summed E-state index contributed by atoms with van der Waals surface area (Å²) in [6.07, 6.45) is 16.4. The maximum atomic E-state index is 11.8. The highest BCUT2D eigenvalue weighted by atomic mass is 32.2. The van der Waals surface area contributed by atoms with E-state index in [2.05, 4.69) is 95.4 Å². The smallest absolute Gasteiger partial charge is 0.208 e. The predicted octanol–water partition coefficient (Wildman–Crippen LogP) is 8.79. The zero-order valence-corrected chi connectivity index (χ0v) is 30.5. The molecule has 6 rings (SSSR count). The summed E-state index contributed by atoms with van der Waals surface area (Å²) in [6.45, 7) is 23.4. The fourth-order valence-electron chi connectivity index (χ4n) is 13.0. The second-order valence-electron chi connectivity index (χ2n) is 17.5. The molecular weight excluding hydrogens is 573 g/mol. The number of aryl methyl sites for hydroxylation is 1. The second-order valence-corrected chi connectivity index (χ2v) is 19.4. The third-order valence-corrected chi connectivity index (χ3v) is 16.0. The molecule has 250 valence electrons. The molecule has 1 aromatic rings. The molecule has 0 amide bonds. The van der Waals surface area contributed by atoms with Crippen LogP contribution in [0.3, 0.4) is 0 Å². The Morgan fingerprint density at radius 2 is 1.60 bits per heavy atom. The number of hydrogen-bond acceptors (Lipinski definition) is 3. The Morgan fingerprint density at radius 3 is 2.24 bits per heavy atom. The van der Waals surface area contributed by atoms with Gasteiger partial charge in [0.2, 0.25) is 10.0 Å². The van der Waals surface area contributed by atoms with Crippen LogP contribution in [-0.4, -0.2) is 33.3 Å². The van der Waals surface area contributed by atoms with E-state index in [9.17, 15) is 8.42 Å². The van der Waals surface area contributed by atoms with Gasteiger partial charge in [-0.15, -0.1) is 0 Å². The Balaban J connectivity index is 1.31. The molecule has 0 unspecified atom stereocenters. The number of allylic oxidation sites excluding steroid dienone is 3. The van der Waals surface area contributed by atoms with Gasteiger partial charge in [-0.05, 0) is 139 Å². The van der Waals surface area contributed by atoms with Crippen LogP contribution in [0.5, 0.6) is 0 Å². The minimum atomic E-state index is -3.18. The second kappa shape index (κ2) is 11.3. The van der Waals surface area contributed by atoms with Gasteiger partial charge in [0.25, 0.3) is 0 Å². The predicted molar refractivity (Wildman–Crippen MR) is 189 cm³/mol. The molecule has 0 spiro atoms. The molecule has 4 fully saturated rings. The number of hydrogen-bond donors (Lipinski definition) is 2. The van der Waals surface area contributed by atoms with Crippen LogP contribution < -0.4 is 10.0 Å². The van der Waals surface area contributed by atoms with Crippen molar-refractivity contribution in [2.75, 3.05) is 19.3 Å². The number of fused-ring (bicyclic) bond motifs is 7. The van der Waals surface area contributed by atoms with Crippen molar-refractivity contribution in [2.24, 2.45) is 51.2 Å². The van der Waals surface area contributed by atoms with Gasteiger partial charge in [-0.1, -0.05) is 84.0 Å². The summed E-state index contributed by atoms with van der Waals surface area (Å²) < 4.78 is 26.3. The van der Waals surface area contributed by atoms with Gasteiger partial charge < -0.3 is 5.32 Å². The maximum absolute atomic E-state index is 11.8. The third kappa shape index (κ3) is 5.16. The Bertz CT molecular complexity index is 1440. The van der Waals surface area contributed by atoms with Crippen molar-refractivity contribution in [2.45, 2.75) is 118 Å². The quantitative estimate of drug-likeness (QED) is 0.222. The monoisotopic (exact) mass is 634 g/mol. The fraction of sp³-hybridized carbons (Fsp3) is 0.750. The third-order valence-electron chi connectivity index (χ3n) is 15.3. The number of benzene rings is 1. The molecule has 4 nitrogen and oxygen atoms in total. The lowest BCUT2D eigenvalue weighted by molar-refractivity contribution is -0.219. The molecule has 0 heterocycles. The van der Waals surface area contributed by atoms with Gasteiger partial charge in [0.15, 0.2) is 0 Å². The van der Waals surface area contributed by atoms with Crippen LogP contribution in [-0.2, 0) is 16.4 Å². The largest absolute Gasteiger partial charge is 0.310 e. The standard InChI is InChI=1S/C40H62N2O2S/c1-10-28-11-13-29(14-12-28)31-18-20-37(6)33(36(31,4)5)19-21-39(8)34(37)16-15-32-35-30(27(2)3)17-22-40(35,24-23-38(32,39)7)41-25-26-42-45(9,43)44/h11-14,18,30,32-35,41-42H,2,10,15-17,19-26H2,1,3-9H3/t30-,32+,33-,34+,35+,37-,38+,39+,40-/m0/s1. The first-order valence-corrected chi connectivity index (χ1v) is 20.1. The van der Waals surface area contributed by atoms with Crippen LogP contribution in [0.1, 0.15) is 117 Å². The fourth-order valence-corrected chi connectivity index (χ4v) is 13.5. The van der Waals surface area contributed by atoms with E-state index in [0.717, 1.165) is 12.3 Å². The minimum absolute atomic E-state index is 0.0923. The van der Waals surface area contributed by atoms with Crippen molar-refractivity contribution in [3.63, 3.8) is 0 Å². The van der Waals surface area contributed by atoms with Gasteiger partial charge in [0.1, 0.15) is 0 Å². The molecule has 2 N–H and O–H groups in total. The van der Waals surface area contributed by atoms with Gasteiger partial charge in [-0.2, -0.15) is 0 Å². The maximum Gasteiger partial charge on any atom is 0.208 e. The Hall–Kier alpha value is -1.43.